The summed E-state index contributed by atoms with van der Waals surface area (Å²) < 4.78 is 7.03. The minimum Gasteiger partial charge on any atom is -0.423 e. The molecule has 25 heavy (non-hydrogen) atoms. The third kappa shape index (κ3) is 3.39. The first-order valence-electron chi connectivity index (χ1n) is 7.54. The zero-order valence-electron chi connectivity index (χ0n) is 13.7. The largest absolute Gasteiger partial charge is 0.423 e. The summed E-state index contributed by atoms with van der Waals surface area (Å²) in [6.07, 6.45) is 0. The SMILES string of the molecule is Cc1nn(-c2ccc(C(=O)Oc3cccc(C#N)c3)cc2)c(C)c1Cl. The van der Waals surface area contributed by atoms with Crippen molar-refractivity contribution in [3.05, 3.63) is 76.1 Å². The average Bonchev–Trinajstić information content (AvgIpc) is 2.89. The maximum absolute atomic E-state index is 12.2. The summed E-state index contributed by atoms with van der Waals surface area (Å²) in [4.78, 5) is 12.2. The number of rotatable bonds is 3. The van der Waals surface area contributed by atoms with Crippen molar-refractivity contribution in [1.29, 1.82) is 5.26 Å². The summed E-state index contributed by atoms with van der Waals surface area (Å²) in [6, 6.07) is 15.3. The first-order valence-corrected chi connectivity index (χ1v) is 7.92. The molecule has 1 heterocycles. The minimum atomic E-state index is -0.493. The van der Waals surface area contributed by atoms with E-state index in [-0.39, 0.29) is 0 Å². The lowest BCUT2D eigenvalue weighted by molar-refractivity contribution is 0.0735. The van der Waals surface area contributed by atoms with Gasteiger partial charge in [-0.3, -0.25) is 0 Å². The van der Waals surface area contributed by atoms with Gasteiger partial charge in [-0.05, 0) is 56.3 Å². The van der Waals surface area contributed by atoms with E-state index in [4.69, 9.17) is 21.6 Å². The lowest BCUT2D eigenvalue weighted by Gasteiger charge is -2.07. The molecule has 0 aliphatic rings. The second-order valence-corrected chi connectivity index (χ2v) is 5.85. The quantitative estimate of drug-likeness (QED) is 0.523. The fourth-order valence-electron chi connectivity index (χ4n) is 2.41. The number of benzene rings is 2. The number of nitrogens with zero attached hydrogens (tertiary/aromatic N) is 3. The van der Waals surface area contributed by atoms with E-state index in [9.17, 15) is 4.79 Å². The molecule has 0 unspecified atom stereocenters. The van der Waals surface area contributed by atoms with Crippen LogP contribution in [-0.2, 0) is 0 Å². The first kappa shape index (κ1) is 16.7. The molecule has 0 saturated carbocycles. The maximum Gasteiger partial charge on any atom is 0.343 e. The van der Waals surface area contributed by atoms with E-state index in [1.165, 1.54) is 6.07 Å². The summed E-state index contributed by atoms with van der Waals surface area (Å²) in [5.74, 6) is -0.161. The van der Waals surface area contributed by atoms with E-state index < -0.39 is 5.97 Å². The molecule has 0 aliphatic carbocycles. The van der Waals surface area contributed by atoms with Gasteiger partial charge in [0.05, 0.1) is 39.3 Å². The predicted molar refractivity (Wildman–Crippen MR) is 94.2 cm³/mol. The second kappa shape index (κ2) is 6.80. The Balaban J connectivity index is 1.81. The summed E-state index contributed by atoms with van der Waals surface area (Å²) in [5.41, 5.74) is 3.22. The van der Waals surface area contributed by atoms with Crippen molar-refractivity contribution < 1.29 is 9.53 Å². The Morgan fingerprint density at radius 3 is 2.52 bits per heavy atom. The third-order valence-corrected chi connectivity index (χ3v) is 4.27. The van der Waals surface area contributed by atoms with Gasteiger partial charge in [0.1, 0.15) is 5.75 Å². The molecular formula is C19H14ClN3O2. The van der Waals surface area contributed by atoms with E-state index >= 15 is 0 Å². The molecule has 0 aliphatic heterocycles. The highest BCUT2D eigenvalue weighted by Crippen LogP contribution is 2.23. The van der Waals surface area contributed by atoms with Crippen LogP contribution in [0.3, 0.4) is 0 Å². The summed E-state index contributed by atoms with van der Waals surface area (Å²) in [7, 11) is 0. The van der Waals surface area contributed by atoms with Crippen LogP contribution in [0.1, 0.15) is 27.3 Å². The van der Waals surface area contributed by atoms with E-state index in [0.29, 0.717) is 21.9 Å². The van der Waals surface area contributed by atoms with E-state index in [1.54, 1.807) is 47.1 Å². The Kier molecular flexibility index (Phi) is 4.55. The lowest BCUT2D eigenvalue weighted by atomic mass is 10.2. The fraction of sp³-hybridized carbons (Fsp3) is 0.105. The molecule has 0 radical (unpaired) electrons. The van der Waals surface area contributed by atoms with Gasteiger partial charge in [-0.25, -0.2) is 9.48 Å². The molecule has 0 saturated heterocycles. The van der Waals surface area contributed by atoms with Crippen LogP contribution in [0.2, 0.25) is 5.02 Å². The topological polar surface area (TPSA) is 67.9 Å². The number of aromatic nitrogens is 2. The molecule has 3 aromatic rings. The molecule has 2 aromatic carbocycles. The van der Waals surface area contributed by atoms with Gasteiger partial charge in [0.2, 0.25) is 0 Å². The molecule has 5 nitrogen and oxygen atoms in total. The van der Waals surface area contributed by atoms with Crippen LogP contribution in [0.5, 0.6) is 5.75 Å². The van der Waals surface area contributed by atoms with Crippen LogP contribution in [-0.4, -0.2) is 15.7 Å². The number of hydrogen-bond acceptors (Lipinski definition) is 4. The highest BCUT2D eigenvalue weighted by atomic mass is 35.5. The second-order valence-electron chi connectivity index (χ2n) is 5.47. The van der Waals surface area contributed by atoms with Gasteiger partial charge in [0.15, 0.2) is 0 Å². The van der Waals surface area contributed by atoms with Crippen molar-refractivity contribution >= 4 is 17.6 Å². The molecule has 0 N–H and O–H groups in total. The molecule has 0 spiro atoms. The Morgan fingerprint density at radius 1 is 1.20 bits per heavy atom. The monoisotopic (exact) mass is 351 g/mol. The number of nitriles is 1. The molecular weight excluding hydrogens is 338 g/mol. The van der Waals surface area contributed by atoms with Crippen molar-refractivity contribution in [2.45, 2.75) is 13.8 Å². The summed E-state index contributed by atoms with van der Waals surface area (Å²) in [5, 5.41) is 13.9. The zero-order chi connectivity index (χ0) is 18.0. The van der Waals surface area contributed by atoms with E-state index in [0.717, 1.165) is 17.1 Å². The van der Waals surface area contributed by atoms with Crippen LogP contribution < -0.4 is 4.74 Å². The lowest BCUT2D eigenvalue weighted by Crippen LogP contribution is -2.09. The minimum absolute atomic E-state index is 0.332. The number of hydrogen-bond donors (Lipinski definition) is 0. The van der Waals surface area contributed by atoms with Gasteiger partial charge >= 0.3 is 5.97 Å². The average molecular weight is 352 g/mol. The Labute approximate surface area is 150 Å². The van der Waals surface area contributed by atoms with Crippen molar-refractivity contribution in [3.8, 4) is 17.5 Å². The number of carbonyl (C=O) groups is 1. The Morgan fingerprint density at radius 2 is 1.92 bits per heavy atom. The molecule has 0 bridgehead atoms. The number of ether oxygens (including phenoxy) is 1. The van der Waals surface area contributed by atoms with Gasteiger partial charge in [0.25, 0.3) is 0 Å². The standard InChI is InChI=1S/C19H14ClN3O2/c1-12-18(20)13(2)23(22-12)16-8-6-15(7-9-16)19(24)25-17-5-3-4-14(10-17)11-21/h3-10H,1-2H3. The van der Waals surface area contributed by atoms with Crippen molar-refractivity contribution in [2.24, 2.45) is 0 Å². The van der Waals surface area contributed by atoms with Gasteiger partial charge in [-0.1, -0.05) is 17.7 Å². The normalized spacial score (nSPS) is 10.3. The van der Waals surface area contributed by atoms with Gasteiger partial charge in [-0.15, -0.1) is 0 Å². The molecule has 1 aromatic heterocycles. The number of halogens is 1. The van der Waals surface area contributed by atoms with Gasteiger partial charge < -0.3 is 4.74 Å². The number of aryl methyl sites for hydroxylation is 1. The first-order chi connectivity index (χ1) is 12.0. The molecule has 0 amide bonds. The van der Waals surface area contributed by atoms with Gasteiger partial charge in [-0.2, -0.15) is 10.4 Å². The van der Waals surface area contributed by atoms with Crippen molar-refractivity contribution in [2.75, 3.05) is 0 Å². The molecule has 6 heteroatoms. The van der Waals surface area contributed by atoms with Crippen LogP contribution in [0.15, 0.2) is 48.5 Å². The number of carbonyl (C=O) groups excluding carboxylic acids is 1. The van der Waals surface area contributed by atoms with Crippen LogP contribution >= 0.6 is 11.6 Å². The molecule has 0 fully saturated rings. The molecule has 0 atom stereocenters. The van der Waals surface area contributed by atoms with E-state index in [1.807, 2.05) is 19.9 Å². The van der Waals surface area contributed by atoms with Crippen molar-refractivity contribution in [1.82, 2.24) is 9.78 Å². The fourth-order valence-corrected chi connectivity index (χ4v) is 2.53. The maximum atomic E-state index is 12.2. The molecule has 124 valence electrons. The highest BCUT2D eigenvalue weighted by molar-refractivity contribution is 6.31. The summed E-state index contributed by atoms with van der Waals surface area (Å²) >= 11 is 6.16. The van der Waals surface area contributed by atoms with Crippen LogP contribution in [0.25, 0.3) is 5.69 Å². The Hall–Kier alpha value is -3.10. The smallest absolute Gasteiger partial charge is 0.343 e. The number of esters is 1. The highest BCUT2D eigenvalue weighted by Gasteiger charge is 2.13. The van der Waals surface area contributed by atoms with Gasteiger partial charge in [0, 0.05) is 0 Å². The third-order valence-electron chi connectivity index (χ3n) is 3.72. The predicted octanol–water partition coefficient (Wildman–Crippen LogP) is 4.23. The zero-order valence-corrected chi connectivity index (χ0v) is 14.4. The summed E-state index contributed by atoms with van der Waals surface area (Å²) in [6.45, 7) is 3.72. The molecule has 3 rings (SSSR count). The van der Waals surface area contributed by atoms with Crippen LogP contribution in [0, 0.1) is 25.2 Å². The van der Waals surface area contributed by atoms with E-state index in [2.05, 4.69) is 5.10 Å². The van der Waals surface area contributed by atoms with Crippen LogP contribution in [0.4, 0.5) is 0 Å². The van der Waals surface area contributed by atoms with Crippen molar-refractivity contribution in [3.63, 3.8) is 0 Å². The Bertz CT molecular complexity index is 985.